The Morgan fingerprint density at radius 1 is 1.09 bits per heavy atom. The molecule has 164 valence electrons. The van der Waals surface area contributed by atoms with Gasteiger partial charge in [-0.3, -0.25) is 18.9 Å². The van der Waals surface area contributed by atoms with Crippen LogP contribution >= 0.6 is 24.0 Å². The average Bonchev–Trinajstić information content (AvgIpc) is 3.03. The number of thioether (sulfide) groups is 1. The third-order valence-electron chi connectivity index (χ3n) is 5.16. The van der Waals surface area contributed by atoms with Crippen LogP contribution in [0.15, 0.2) is 52.3 Å². The number of aromatic nitrogens is 2. The number of nitrogens with zero attached hydrogens (tertiary/aromatic N) is 3. The lowest BCUT2D eigenvalue weighted by Gasteiger charge is -2.14. The van der Waals surface area contributed by atoms with Crippen molar-refractivity contribution in [1.29, 1.82) is 0 Å². The average molecular weight is 465 g/mol. The molecule has 1 aliphatic heterocycles. The van der Waals surface area contributed by atoms with Crippen molar-refractivity contribution in [1.82, 2.24) is 14.3 Å². The molecule has 0 aliphatic carbocycles. The summed E-state index contributed by atoms with van der Waals surface area (Å²) in [7, 11) is 0. The highest BCUT2D eigenvalue weighted by Crippen LogP contribution is 2.34. The number of hydrogen-bond donors (Lipinski definition) is 1. The Kier molecular flexibility index (Phi) is 6.43. The van der Waals surface area contributed by atoms with Gasteiger partial charge in [0.15, 0.2) is 0 Å². The molecule has 2 aromatic heterocycles. The molecule has 1 saturated heterocycles. The summed E-state index contributed by atoms with van der Waals surface area (Å²) in [6.45, 7) is 7.06. The van der Waals surface area contributed by atoms with Gasteiger partial charge in [0.1, 0.15) is 15.8 Å². The van der Waals surface area contributed by atoms with Crippen molar-refractivity contribution in [2.24, 2.45) is 0 Å². The predicted octanol–water partition coefficient (Wildman–Crippen LogP) is 4.53. The molecule has 3 heterocycles. The molecular formula is C24H24N4O2S2. The quantitative estimate of drug-likeness (QED) is 0.427. The number of nitrogens with one attached hydrogen (secondary N) is 1. The topological polar surface area (TPSA) is 66.7 Å². The van der Waals surface area contributed by atoms with Gasteiger partial charge >= 0.3 is 0 Å². The van der Waals surface area contributed by atoms with E-state index in [0.29, 0.717) is 39.3 Å². The molecule has 32 heavy (non-hydrogen) atoms. The molecule has 0 radical (unpaired) electrons. The van der Waals surface area contributed by atoms with Crippen LogP contribution in [0.5, 0.6) is 0 Å². The summed E-state index contributed by atoms with van der Waals surface area (Å²) in [5.74, 6) is 0.278. The van der Waals surface area contributed by atoms with Gasteiger partial charge in [-0.15, -0.1) is 0 Å². The number of pyridine rings is 1. The van der Waals surface area contributed by atoms with Crippen LogP contribution in [0.2, 0.25) is 0 Å². The molecule has 1 aliphatic rings. The summed E-state index contributed by atoms with van der Waals surface area (Å²) in [5.41, 5.74) is 3.81. The minimum Gasteiger partial charge on any atom is -0.369 e. The first kappa shape index (κ1) is 22.2. The second kappa shape index (κ2) is 9.26. The fraction of sp³-hybridized carbons (Fsp3) is 0.250. The molecule has 0 bridgehead atoms. The molecule has 0 spiro atoms. The minimum atomic E-state index is -0.221. The number of rotatable bonds is 6. The van der Waals surface area contributed by atoms with Crippen LogP contribution in [0.25, 0.3) is 11.7 Å². The fourth-order valence-corrected chi connectivity index (χ4v) is 4.65. The van der Waals surface area contributed by atoms with E-state index in [9.17, 15) is 9.59 Å². The van der Waals surface area contributed by atoms with Crippen molar-refractivity contribution in [2.45, 2.75) is 33.7 Å². The van der Waals surface area contributed by atoms with Crippen LogP contribution in [0.3, 0.4) is 0 Å². The maximum Gasteiger partial charge on any atom is 0.267 e. The zero-order valence-electron chi connectivity index (χ0n) is 18.2. The van der Waals surface area contributed by atoms with Crippen molar-refractivity contribution in [2.75, 3.05) is 11.9 Å². The zero-order chi connectivity index (χ0) is 22.8. The van der Waals surface area contributed by atoms with Crippen LogP contribution < -0.4 is 10.9 Å². The van der Waals surface area contributed by atoms with Gasteiger partial charge in [-0.05, 0) is 43.5 Å². The van der Waals surface area contributed by atoms with Crippen LogP contribution in [-0.2, 0) is 11.3 Å². The maximum atomic E-state index is 13.3. The second-order valence-electron chi connectivity index (χ2n) is 7.79. The van der Waals surface area contributed by atoms with Gasteiger partial charge in [-0.2, -0.15) is 0 Å². The van der Waals surface area contributed by atoms with Gasteiger partial charge in [0.25, 0.3) is 11.5 Å². The van der Waals surface area contributed by atoms with Crippen LogP contribution in [-0.4, -0.2) is 31.1 Å². The third kappa shape index (κ3) is 4.47. The lowest BCUT2D eigenvalue weighted by molar-refractivity contribution is -0.122. The van der Waals surface area contributed by atoms with E-state index in [-0.39, 0.29) is 11.5 Å². The number of anilines is 1. The molecule has 0 unspecified atom stereocenters. The summed E-state index contributed by atoms with van der Waals surface area (Å²) in [5, 5.41) is 3.23. The van der Waals surface area contributed by atoms with Crippen molar-refractivity contribution in [3.8, 4) is 0 Å². The Bertz CT molecular complexity index is 1300. The highest BCUT2D eigenvalue weighted by molar-refractivity contribution is 8.26. The van der Waals surface area contributed by atoms with Gasteiger partial charge in [-0.1, -0.05) is 66.8 Å². The molecule has 1 N–H and O–H groups in total. The maximum absolute atomic E-state index is 13.3. The number of aryl methyl sites for hydroxylation is 2. The number of thiocarbonyl (C=S) groups is 1. The Balaban J connectivity index is 1.73. The molecule has 4 rings (SSSR count). The lowest BCUT2D eigenvalue weighted by Crippen LogP contribution is -2.27. The van der Waals surface area contributed by atoms with E-state index in [2.05, 4.69) is 10.3 Å². The predicted molar refractivity (Wildman–Crippen MR) is 135 cm³/mol. The summed E-state index contributed by atoms with van der Waals surface area (Å²) < 4.78 is 2.00. The van der Waals surface area contributed by atoms with E-state index >= 15 is 0 Å². The van der Waals surface area contributed by atoms with Crippen molar-refractivity contribution in [3.05, 3.63) is 80.1 Å². The minimum absolute atomic E-state index is 0.198. The molecule has 0 saturated carbocycles. The van der Waals surface area contributed by atoms with Crippen LogP contribution in [0.1, 0.15) is 35.6 Å². The molecule has 0 atom stereocenters. The van der Waals surface area contributed by atoms with Gasteiger partial charge < -0.3 is 5.32 Å². The number of fused-ring (bicyclic) bond motifs is 1. The van der Waals surface area contributed by atoms with Crippen molar-refractivity contribution >= 4 is 51.7 Å². The summed E-state index contributed by atoms with van der Waals surface area (Å²) in [4.78, 5) is 33.1. The standard InChI is InChI=1S/C24H24N4O2S2/c1-4-11-25-21-18(22(29)27-13-16(3)7-10-20(27)26-21)12-19-23(30)28(24(31)32-19)14-17-8-5-15(2)6-9-17/h5-10,12-13,25H,4,11,14H2,1-3H3/b19-12+. The lowest BCUT2D eigenvalue weighted by atomic mass is 10.1. The Morgan fingerprint density at radius 2 is 1.81 bits per heavy atom. The smallest absolute Gasteiger partial charge is 0.267 e. The summed E-state index contributed by atoms with van der Waals surface area (Å²) >= 11 is 6.69. The Hall–Kier alpha value is -2.97. The molecule has 6 nitrogen and oxygen atoms in total. The third-order valence-corrected chi connectivity index (χ3v) is 6.54. The molecule has 1 fully saturated rings. The second-order valence-corrected chi connectivity index (χ2v) is 9.47. The van der Waals surface area contributed by atoms with Gasteiger partial charge in [0.2, 0.25) is 0 Å². The molecule has 1 aromatic carbocycles. The van der Waals surface area contributed by atoms with E-state index in [0.717, 1.165) is 23.1 Å². The first-order valence-corrected chi connectivity index (χ1v) is 11.7. The van der Waals surface area contributed by atoms with Crippen LogP contribution in [0.4, 0.5) is 5.82 Å². The normalized spacial score (nSPS) is 15.2. The summed E-state index contributed by atoms with van der Waals surface area (Å²) in [6.07, 6.45) is 4.26. The zero-order valence-corrected chi connectivity index (χ0v) is 19.8. The molecule has 3 aromatic rings. The highest BCUT2D eigenvalue weighted by Gasteiger charge is 2.32. The Morgan fingerprint density at radius 3 is 2.53 bits per heavy atom. The first-order chi connectivity index (χ1) is 15.4. The number of carbonyl (C=O) groups is 1. The van der Waals surface area contributed by atoms with Crippen molar-refractivity contribution < 1.29 is 4.79 Å². The molecular weight excluding hydrogens is 440 g/mol. The summed E-state index contributed by atoms with van der Waals surface area (Å²) in [6, 6.07) is 11.7. The number of hydrogen-bond acceptors (Lipinski definition) is 6. The van der Waals surface area contributed by atoms with Crippen molar-refractivity contribution in [3.63, 3.8) is 0 Å². The van der Waals surface area contributed by atoms with Gasteiger partial charge in [0, 0.05) is 12.7 Å². The molecule has 8 heteroatoms. The fourth-order valence-electron chi connectivity index (χ4n) is 3.41. The number of amides is 1. The van der Waals surface area contributed by atoms with Crippen LogP contribution in [0, 0.1) is 13.8 Å². The molecule has 1 amide bonds. The van der Waals surface area contributed by atoms with E-state index in [1.807, 2.05) is 57.2 Å². The van der Waals surface area contributed by atoms with E-state index < -0.39 is 0 Å². The SMILES string of the molecule is CCCNc1nc2ccc(C)cn2c(=O)c1/C=C1/SC(=S)N(Cc2ccc(C)cc2)C1=O. The van der Waals surface area contributed by atoms with E-state index in [1.165, 1.54) is 16.2 Å². The first-order valence-electron chi connectivity index (χ1n) is 10.4. The Labute approximate surface area is 196 Å². The van der Waals surface area contributed by atoms with Gasteiger partial charge in [0.05, 0.1) is 17.0 Å². The van der Waals surface area contributed by atoms with E-state index in [1.54, 1.807) is 17.2 Å². The van der Waals surface area contributed by atoms with E-state index in [4.69, 9.17) is 12.2 Å². The van der Waals surface area contributed by atoms with Gasteiger partial charge in [-0.25, -0.2) is 4.98 Å². The largest absolute Gasteiger partial charge is 0.369 e. The number of carbonyl (C=O) groups excluding carboxylic acids is 1. The highest BCUT2D eigenvalue weighted by atomic mass is 32.2. The number of benzene rings is 1. The monoisotopic (exact) mass is 464 g/mol.